The first-order chi connectivity index (χ1) is 6.10. The first-order valence-corrected chi connectivity index (χ1v) is 6.29. The van der Waals surface area contributed by atoms with E-state index in [-0.39, 0.29) is 5.25 Å². The SMILES string of the molecule is O=S(=O)(c1cncc(Br)c1)C1CC1. The van der Waals surface area contributed by atoms with Crippen molar-refractivity contribution in [2.24, 2.45) is 0 Å². The number of halogens is 1. The van der Waals surface area contributed by atoms with Gasteiger partial charge in [0, 0.05) is 16.9 Å². The molecule has 70 valence electrons. The minimum Gasteiger partial charge on any atom is -0.262 e. The highest BCUT2D eigenvalue weighted by Crippen LogP contribution is 2.33. The Kier molecular flexibility index (Phi) is 2.15. The van der Waals surface area contributed by atoms with Gasteiger partial charge in [0.15, 0.2) is 9.84 Å². The molecule has 0 unspecified atom stereocenters. The van der Waals surface area contributed by atoms with Crippen LogP contribution in [0.25, 0.3) is 0 Å². The Morgan fingerprint density at radius 2 is 2.08 bits per heavy atom. The molecule has 0 spiro atoms. The number of hydrogen-bond donors (Lipinski definition) is 0. The third kappa shape index (κ3) is 1.76. The summed E-state index contributed by atoms with van der Waals surface area (Å²) in [6.45, 7) is 0. The molecule has 1 heterocycles. The predicted octanol–water partition coefficient (Wildman–Crippen LogP) is 1.78. The van der Waals surface area contributed by atoms with Gasteiger partial charge in [-0.05, 0) is 34.8 Å². The maximum Gasteiger partial charge on any atom is 0.182 e. The maximum absolute atomic E-state index is 11.7. The second-order valence-electron chi connectivity index (χ2n) is 3.08. The van der Waals surface area contributed by atoms with Crippen molar-refractivity contribution in [2.45, 2.75) is 23.0 Å². The quantitative estimate of drug-likeness (QED) is 0.816. The lowest BCUT2D eigenvalue weighted by molar-refractivity contribution is 0.594. The zero-order chi connectivity index (χ0) is 9.47. The molecule has 1 aliphatic rings. The number of nitrogens with zero attached hydrogens (tertiary/aromatic N) is 1. The zero-order valence-electron chi connectivity index (χ0n) is 6.77. The minimum absolute atomic E-state index is 0.163. The normalized spacial score (nSPS) is 17.3. The van der Waals surface area contributed by atoms with Crippen LogP contribution in [-0.2, 0) is 9.84 Å². The molecule has 0 amide bonds. The summed E-state index contributed by atoms with van der Waals surface area (Å²) in [6, 6.07) is 1.60. The van der Waals surface area contributed by atoms with E-state index in [1.54, 1.807) is 12.3 Å². The van der Waals surface area contributed by atoms with E-state index in [1.165, 1.54) is 6.20 Å². The van der Waals surface area contributed by atoms with Crippen LogP contribution in [0, 0.1) is 0 Å². The average Bonchev–Trinajstić information content (AvgIpc) is 2.86. The third-order valence-electron chi connectivity index (χ3n) is 1.97. The Bertz CT molecular complexity index is 426. The molecule has 0 aromatic carbocycles. The topological polar surface area (TPSA) is 47.0 Å². The Morgan fingerprint density at radius 3 is 2.62 bits per heavy atom. The molecule has 3 nitrogen and oxygen atoms in total. The van der Waals surface area contributed by atoms with E-state index >= 15 is 0 Å². The molecule has 2 rings (SSSR count). The van der Waals surface area contributed by atoms with Crippen molar-refractivity contribution in [3.8, 4) is 0 Å². The molecule has 13 heavy (non-hydrogen) atoms. The molecule has 1 aliphatic carbocycles. The largest absolute Gasteiger partial charge is 0.262 e. The molecule has 1 aromatic heterocycles. The van der Waals surface area contributed by atoms with E-state index in [1.807, 2.05) is 0 Å². The van der Waals surface area contributed by atoms with Crippen molar-refractivity contribution in [1.82, 2.24) is 4.98 Å². The van der Waals surface area contributed by atoms with Gasteiger partial charge in [-0.15, -0.1) is 0 Å². The van der Waals surface area contributed by atoms with Gasteiger partial charge in [-0.25, -0.2) is 8.42 Å². The summed E-state index contributed by atoms with van der Waals surface area (Å²) in [6.07, 6.45) is 4.55. The fraction of sp³-hybridized carbons (Fsp3) is 0.375. The van der Waals surface area contributed by atoms with Crippen LogP contribution < -0.4 is 0 Å². The first kappa shape index (κ1) is 9.15. The van der Waals surface area contributed by atoms with Crippen LogP contribution in [-0.4, -0.2) is 18.7 Å². The average molecular weight is 262 g/mol. The molecule has 0 atom stereocenters. The van der Waals surface area contributed by atoms with Crippen LogP contribution in [0.3, 0.4) is 0 Å². The van der Waals surface area contributed by atoms with Gasteiger partial charge in [0.1, 0.15) is 0 Å². The smallest absolute Gasteiger partial charge is 0.182 e. The van der Waals surface area contributed by atoms with Crippen molar-refractivity contribution in [3.05, 3.63) is 22.9 Å². The molecule has 0 N–H and O–H groups in total. The Hall–Kier alpha value is -0.420. The van der Waals surface area contributed by atoms with Gasteiger partial charge in [-0.1, -0.05) is 0 Å². The summed E-state index contributed by atoms with van der Waals surface area (Å²) in [5.74, 6) is 0. The van der Waals surface area contributed by atoms with Crippen molar-refractivity contribution >= 4 is 25.8 Å². The van der Waals surface area contributed by atoms with E-state index in [0.717, 1.165) is 12.8 Å². The maximum atomic E-state index is 11.7. The molecule has 0 saturated heterocycles. The summed E-state index contributed by atoms with van der Waals surface area (Å²) in [5, 5.41) is -0.163. The fourth-order valence-electron chi connectivity index (χ4n) is 1.12. The van der Waals surface area contributed by atoms with Crippen LogP contribution in [0.4, 0.5) is 0 Å². The van der Waals surface area contributed by atoms with Gasteiger partial charge in [-0.3, -0.25) is 4.98 Å². The van der Waals surface area contributed by atoms with Crippen LogP contribution in [0.15, 0.2) is 27.8 Å². The van der Waals surface area contributed by atoms with Crippen LogP contribution in [0.2, 0.25) is 0 Å². The van der Waals surface area contributed by atoms with Gasteiger partial charge in [-0.2, -0.15) is 0 Å². The van der Waals surface area contributed by atoms with Gasteiger partial charge >= 0.3 is 0 Å². The summed E-state index contributed by atoms with van der Waals surface area (Å²) in [7, 11) is -3.08. The van der Waals surface area contributed by atoms with Crippen molar-refractivity contribution in [2.75, 3.05) is 0 Å². The Morgan fingerprint density at radius 1 is 1.38 bits per heavy atom. The number of rotatable bonds is 2. The second kappa shape index (κ2) is 3.06. The van der Waals surface area contributed by atoms with Crippen molar-refractivity contribution in [1.29, 1.82) is 0 Å². The van der Waals surface area contributed by atoms with Crippen LogP contribution >= 0.6 is 15.9 Å². The van der Waals surface area contributed by atoms with E-state index < -0.39 is 9.84 Å². The lowest BCUT2D eigenvalue weighted by Crippen LogP contribution is -2.07. The number of hydrogen-bond acceptors (Lipinski definition) is 3. The Balaban J connectivity index is 2.45. The molecular weight excluding hydrogens is 254 g/mol. The number of pyridine rings is 1. The van der Waals surface area contributed by atoms with Crippen molar-refractivity contribution < 1.29 is 8.42 Å². The van der Waals surface area contributed by atoms with Gasteiger partial charge in [0.25, 0.3) is 0 Å². The highest BCUT2D eigenvalue weighted by molar-refractivity contribution is 9.10. The van der Waals surface area contributed by atoms with Gasteiger partial charge in [0.05, 0.1) is 10.1 Å². The highest BCUT2D eigenvalue weighted by atomic mass is 79.9. The molecular formula is C8H8BrNO2S. The minimum atomic E-state index is -3.08. The molecule has 0 bridgehead atoms. The van der Waals surface area contributed by atoms with Crippen LogP contribution in [0.5, 0.6) is 0 Å². The molecule has 0 aliphatic heterocycles. The first-order valence-electron chi connectivity index (χ1n) is 3.95. The van der Waals surface area contributed by atoms with E-state index in [4.69, 9.17) is 0 Å². The Labute approximate surface area is 85.2 Å². The standard InChI is InChI=1S/C8H8BrNO2S/c9-6-3-8(5-10-4-6)13(11,12)7-1-2-7/h3-5,7H,1-2H2. The molecule has 1 aromatic rings. The van der Waals surface area contributed by atoms with E-state index in [0.29, 0.717) is 9.37 Å². The third-order valence-corrected chi connectivity index (χ3v) is 4.63. The second-order valence-corrected chi connectivity index (χ2v) is 6.23. The van der Waals surface area contributed by atoms with E-state index in [9.17, 15) is 8.42 Å². The van der Waals surface area contributed by atoms with Crippen molar-refractivity contribution in [3.63, 3.8) is 0 Å². The summed E-state index contributed by atoms with van der Waals surface area (Å²) < 4.78 is 24.1. The predicted molar refractivity (Wildman–Crippen MR) is 52.1 cm³/mol. The van der Waals surface area contributed by atoms with Crippen LogP contribution in [0.1, 0.15) is 12.8 Å². The lowest BCUT2D eigenvalue weighted by atomic mass is 10.5. The summed E-state index contributed by atoms with van der Waals surface area (Å²) in [5.41, 5.74) is 0. The monoisotopic (exact) mass is 261 g/mol. The van der Waals surface area contributed by atoms with Gasteiger partial charge in [0.2, 0.25) is 0 Å². The number of aromatic nitrogens is 1. The molecule has 0 radical (unpaired) electrons. The zero-order valence-corrected chi connectivity index (χ0v) is 9.18. The highest BCUT2D eigenvalue weighted by Gasteiger charge is 2.37. The molecule has 1 saturated carbocycles. The molecule has 5 heteroatoms. The van der Waals surface area contributed by atoms with E-state index in [2.05, 4.69) is 20.9 Å². The molecule has 1 fully saturated rings. The van der Waals surface area contributed by atoms with Gasteiger partial charge < -0.3 is 0 Å². The summed E-state index contributed by atoms with van der Waals surface area (Å²) >= 11 is 3.20. The fourth-order valence-corrected chi connectivity index (χ4v) is 3.28. The number of sulfone groups is 1. The lowest BCUT2D eigenvalue weighted by Gasteiger charge is -2.01. The summed E-state index contributed by atoms with van der Waals surface area (Å²) in [4.78, 5) is 4.16.